The van der Waals surface area contributed by atoms with E-state index in [-0.39, 0.29) is 22.6 Å². The van der Waals surface area contributed by atoms with Gasteiger partial charge in [0, 0.05) is 57.9 Å². The summed E-state index contributed by atoms with van der Waals surface area (Å²) in [6, 6.07) is 12.5. The molecule has 12 heteroatoms. The molecule has 2 fully saturated rings. The molecular formula is C30H36N4O7S. The highest BCUT2D eigenvalue weighted by Crippen LogP contribution is 2.53. The van der Waals surface area contributed by atoms with E-state index in [2.05, 4.69) is 4.90 Å². The zero-order chi connectivity index (χ0) is 30.2. The van der Waals surface area contributed by atoms with Crippen LogP contribution < -0.4 is 4.90 Å². The molecule has 5 rings (SSSR count). The number of likely N-dealkylation sites (tertiary alicyclic amines) is 1. The number of anilines is 1. The van der Waals surface area contributed by atoms with E-state index in [0.717, 1.165) is 10.7 Å². The standard InChI is InChI=1S/C30H36N4O7S/c1-4-5-14-33-24-9-7-6-8-23(24)30(29(33)38)25(26(35)21-10-12-22(13-11-21)42(39,40)31(2)3)27(36)28(37)34(30)16-15-32-17-19-41-20-18-32/h6-13,35H,4-5,14-20H2,1-3H3/t30-/m1/s1. The number of amides is 2. The number of Topliss-reactive ketones (excluding diaryl/α,β-unsaturated/α-hetero) is 1. The lowest BCUT2D eigenvalue weighted by Crippen LogP contribution is -2.54. The van der Waals surface area contributed by atoms with E-state index < -0.39 is 38.9 Å². The molecule has 42 heavy (non-hydrogen) atoms. The Morgan fingerprint density at radius 2 is 1.64 bits per heavy atom. The third-order valence-electron chi connectivity index (χ3n) is 8.19. The molecule has 3 aliphatic rings. The summed E-state index contributed by atoms with van der Waals surface area (Å²) < 4.78 is 31.7. The van der Waals surface area contributed by atoms with E-state index in [0.29, 0.717) is 57.1 Å². The van der Waals surface area contributed by atoms with Gasteiger partial charge in [-0.25, -0.2) is 12.7 Å². The first-order chi connectivity index (χ1) is 20.1. The van der Waals surface area contributed by atoms with E-state index >= 15 is 0 Å². The monoisotopic (exact) mass is 596 g/mol. The van der Waals surface area contributed by atoms with Crippen LogP contribution in [0.15, 0.2) is 59.0 Å². The van der Waals surface area contributed by atoms with E-state index in [4.69, 9.17) is 4.74 Å². The lowest BCUT2D eigenvalue weighted by Gasteiger charge is -2.36. The third-order valence-corrected chi connectivity index (χ3v) is 10.0. The molecule has 1 atom stereocenters. The molecule has 0 aliphatic carbocycles. The number of aliphatic hydroxyl groups excluding tert-OH is 1. The maximum absolute atomic E-state index is 14.6. The SMILES string of the molecule is CCCCN1C(=O)[C@]2(C(=C(O)c3ccc(S(=O)(=O)N(C)C)cc3)C(=O)C(=O)N2CCN2CCOCC2)c2ccccc21. The van der Waals surface area contributed by atoms with Gasteiger partial charge in [0.05, 0.1) is 29.4 Å². The number of ether oxygens (including phenoxy) is 1. The molecule has 3 aliphatic heterocycles. The lowest BCUT2D eigenvalue weighted by atomic mass is 9.82. The average Bonchev–Trinajstić information content (AvgIpc) is 3.37. The van der Waals surface area contributed by atoms with E-state index in [1.54, 1.807) is 29.2 Å². The van der Waals surface area contributed by atoms with Crippen molar-refractivity contribution in [1.82, 2.24) is 14.1 Å². The van der Waals surface area contributed by atoms with Crippen molar-refractivity contribution in [2.24, 2.45) is 0 Å². The molecule has 3 heterocycles. The van der Waals surface area contributed by atoms with Crippen LogP contribution in [-0.2, 0) is 34.7 Å². The summed E-state index contributed by atoms with van der Waals surface area (Å²) in [5, 5.41) is 11.7. The van der Waals surface area contributed by atoms with Crippen molar-refractivity contribution in [2.75, 3.05) is 64.9 Å². The van der Waals surface area contributed by atoms with Crippen molar-refractivity contribution in [1.29, 1.82) is 0 Å². The van der Waals surface area contributed by atoms with Crippen molar-refractivity contribution in [3.63, 3.8) is 0 Å². The zero-order valence-corrected chi connectivity index (χ0v) is 24.9. The van der Waals surface area contributed by atoms with Gasteiger partial charge in [0.15, 0.2) is 5.54 Å². The molecule has 0 unspecified atom stereocenters. The first-order valence-corrected chi connectivity index (χ1v) is 15.5. The molecular weight excluding hydrogens is 560 g/mol. The Kier molecular flexibility index (Phi) is 8.26. The predicted octanol–water partition coefficient (Wildman–Crippen LogP) is 1.99. The number of hydrogen-bond acceptors (Lipinski definition) is 8. The second kappa shape index (κ2) is 11.6. The number of carbonyl (C=O) groups is 3. The fourth-order valence-corrected chi connectivity index (χ4v) is 6.81. The van der Waals surface area contributed by atoms with Crippen LogP contribution in [0.2, 0.25) is 0 Å². The first kappa shape index (κ1) is 29.9. The van der Waals surface area contributed by atoms with Crippen LogP contribution in [0.1, 0.15) is 30.9 Å². The Hall–Kier alpha value is -3.58. The highest BCUT2D eigenvalue weighted by Gasteiger charge is 2.67. The highest BCUT2D eigenvalue weighted by molar-refractivity contribution is 7.89. The summed E-state index contributed by atoms with van der Waals surface area (Å²) in [4.78, 5) is 47.2. The van der Waals surface area contributed by atoms with Gasteiger partial charge in [0.25, 0.3) is 17.6 Å². The Morgan fingerprint density at radius 3 is 2.29 bits per heavy atom. The van der Waals surface area contributed by atoms with Gasteiger partial charge in [-0.05, 0) is 36.8 Å². The smallest absolute Gasteiger partial charge is 0.296 e. The van der Waals surface area contributed by atoms with Gasteiger partial charge in [-0.15, -0.1) is 0 Å². The molecule has 0 bridgehead atoms. The number of unbranched alkanes of at least 4 members (excludes halogenated alkanes) is 1. The first-order valence-electron chi connectivity index (χ1n) is 14.1. The van der Waals surface area contributed by atoms with Crippen molar-refractivity contribution in [3.05, 3.63) is 65.2 Å². The number of ketones is 1. The van der Waals surface area contributed by atoms with Gasteiger partial charge < -0.3 is 19.6 Å². The number of hydrogen-bond donors (Lipinski definition) is 1. The van der Waals surface area contributed by atoms with Gasteiger partial charge >= 0.3 is 0 Å². The summed E-state index contributed by atoms with van der Waals surface area (Å²) in [6.07, 6.45) is 1.53. The molecule has 0 radical (unpaired) electrons. The van der Waals surface area contributed by atoms with Crippen molar-refractivity contribution in [3.8, 4) is 0 Å². The molecule has 0 aromatic heterocycles. The molecule has 2 aromatic carbocycles. The molecule has 0 saturated carbocycles. The van der Waals surface area contributed by atoms with Crippen LogP contribution in [0.5, 0.6) is 0 Å². The number of rotatable bonds is 9. The van der Waals surface area contributed by atoms with Crippen molar-refractivity contribution >= 4 is 39.1 Å². The molecule has 2 saturated heterocycles. The van der Waals surface area contributed by atoms with Crippen LogP contribution in [0.3, 0.4) is 0 Å². The van der Waals surface area contributed by atoms with Crippen LogP contribution in [0, 0.1) is 0 Å². The number of aliphatic hydroxyl groups is 1. The second-order valence-electron chi connectivity index (χ2n) is 10.8. The summed E-state index contributed by atoms with van der Waals surface area (Å²) in [6.45, 7) is 5.32. The molecule has 224 valence electrons. The fraction of sp³-hybridized carbons (Fsp3) is 0.433. The number of morpholine rings is 1. The van der Waals surface area contributed by atoms with Crippen LogP contribution in [0.4, 0.5) is 5.69 Å². The molecule has 1 N–H and O–H groups in total. The van der Waals surface area contributed by atoms with E-state index in [1.807, 2.05) is 6.92 Å². The van der Waals surface area contributed by atoms with Crippen molar-refractivity contribution in [2.45, 2.75) is 30.2 Å². The highest BCUT2D eigenvalue weighted by atomic mass is 32.2. The minimum Gasteiger partial charge on any atom is -0.507 e. The Morgan fingerprint density at radius 1 is 0.976 bits per heavy atom. The summed E-state index contributed by atoms with van der Waals surface area (Å²) >= 11 is 0. The van der Waals surface area contributed by atoms with Gasteiger partial charge in [0.2, 0.25) is 10.0 Å². The molecule has 11 nitrogen and oxygen atoms in total. The molecule has 2 aromatic rings. The summed E-state index contributed by atoms with van der Waals surface area (Å²) in [5.41, 5.74) is -0.999. The number of fused-ring (bicyclic) bond motifs is 2. The van der Waals surface area contributed by atoms with Crippen LogP contribution >= 0.6 is 0 Å². The number of benzene rings is 2. The van der Waals surface area contributed by atoms with E-state index in [1.165, 1.54) is 43.3 Å². The van der Waals surface area contributed by atoms with E-state index in [9.17, 15) is 27.9 Å². The van der Waals surface area contributed by atoms with Gasteiger partial charge in [0.1, 0.15) is 5.76 Å². The topological polar surface area (TPSA) is 128 Å². The number of carbonyl (C=O) groups excluding carboxylic acids is 3. The lowest BCUT2D eigenvalue weighted by molar-refractivity contribution is -0.144. The van der Waals surface area contributed by atoms with Crippen LogP contribution in [0.25, 0.3) is 5.76 Å². The van der Waals surface area contributed by atoms with Crippen molar-refractivity contribution < 1.29 is 32.6 Å². The summed E-state index contributed by atoms with van der Waals surface area (Å²) in [7, 11) is -0.918. The quantitative estimate of drug-likeness (QED) is 0.265. The second-order valence-corrected chi connectivity index (χ2v) is 13.0. The average molecular weight is 597 g/mol. The Bertz CT molecular complexity index is 1530. The minimum absolute atomic E-state index is 0.00208. The predicted molar refractivity (Wildman–Crippen MR) is 156 cm³/mol. The maximum Gasteiger partial charge on any atom is 0.296 e. The fourth-order valence-electron chi connectivity index (χ4n) is 5.91. The van der Waals surface area contributed by atoms with Crippen LogP contribution in [-0.4, -0.2) is 105 Å². The van der Waals surface area contributed by atoms with Gasteiger partial charge in [-0.3, -0.25) is 19.3 Å². The zero-order valence-electron chi connectivity index (χ0n) is 24.1. The van der Waals surface area contributed by atoms with Gasteiger partial charge in [-0.2, -0.15) is 0 Å². The normalized spacial score (nSPS) is 22.5. The maximum atomic E-state index is 14.6. The molecule has 2 amide bonds. The Labute approximate surface area is 246 Å². The third kappa shape index (κ3) is 4.72. The number of para-hydroxylation sites is 1. The summed E-state index contributed by atoms with van der Waals surface area (Å²) in [5.74, 6) is -2.82. The minimum atomic E-state index is -3.74. The largest absolute Gasteiger partial charge is 0.507 e. The number of sulfonamides is 1. The molecule has 1 spiro atoms. The van der Waals surface area contributed by atoms with Gasteiger partial charge in [-0.1, -0.05) is 31.5 Å². The number of nitrogens with zero attached hydrogens (tertiary/aromatic N) is 4. The Balaban J connectivity index is 1.68.